The fourth-order valence-electron chi connectivity index (χ4n) is 1.53. The minimum atomic E-state index is -0.302. The van der Waals surface area contributed by atoms with Gasteiger partial charge in [0.05, 0.1) is 6.10 Å². The molecule has 3 nitrogen and oxygen atoms in total. The smallest absolute Gasteiger partial charge is 0.223 e. The van der Waals surface area contributed by atoms with Crippen LogP contribution in [0.3, 0.4) is 0 Å². The van der Waals surface area contributed by atoms with E-state index in [0.29, 0.717) is 13.0 Å². The van der Waals surface area contributed by atoms with Gasteiger partial charge in [-0.3, -0.25) is 4.79 Å². The molecule has 18 heavy (non-hydrogen) atoms. The van der Waals surface area contributed by atoms with Crippen molar-refractivity contribution >= 4 is 5.91 Å². The van der Waals surface area contributed by atoms with E-state index >= 15 is 0 Å². The quantitative estimate of drug-likeness (QED) is 0.733. The first-order valence-corrected chi connectivity index (χ1v) is 6.83. The van der Waals surface area contributed by atoms with Gasteiger partial charge in [-0.05, 0) is 18.8 Å². The number of nitrogens with zero attached hydrogens (tertiary/aromatic N) is 1. The molecule has 0 saturated carbocycles. The molecule has 0 spiro atoms. The fourth-order valence-corrected chi connectivity index (χ4v) is 1.53. The molecule has 0 bridgehead atoms. The summed E-state index contributed by atoms with van der Waals surface area (Å²) in [6.07, 6.45) is 2.75. The number of hydrogen-bond acceptors (Lipinski definition) is 2. The van der Waals surface area contributed by atoms with Gasteiger partial charge in [-0.2, -0.15) is 0 Å². The Morgan fingerprint density at radius 1 is 1.44 bits per heavy atom. The molecule has 1 saturated heterocycles. The Hall–Kier alpha value is -0.830. The number of amides is 1. The second kappa shape index (κ2) is 10.1. The summed E-state index contributed by atoms with van der Waals surface area (Å²) in [4.78, 5) is 13.4. The maximum absolute atomic E-state index is 11.6. The molecule has 3 heteroatoms. The highest BCUT2D eigenvalue weighted by Crippen LogP contribution is 2.21. The largest absolute Gasteiger partial charge is 0.391 e. The monoisotopic (exact) mass is 257 g/mol. The van der Waals surface area contributed by atoms with Gasteiger partial charge in [-0.15, -0.1) is 6.58 Å². The Balaban J connectivity index is 0. The van der Waals surface area contributed by atoms with E-state index in [-0.39, 0.29) is 17.4 Å². The van der Waals surface area contributed by atoms with Gasteiger partial charge in [0.2, 0.25) is 5.91 Å². The topological polar surface area (TPSA) is 40.5 Å². The SMILES string of the molecule is C=CC.CC.CC(C)(C)CC(=O)N1CCC(O)C1. The van der Waals surface area contributed by atoms with E-state index in [1.807, 2.05) is 20.8 Å². The Kier molecular flexibility index (Phi) is 11.0. The first-order chi connectivity index (χ1) is 8.30. The molecule has 1 fully saturated rings. The van der Waals surface area contributed by atoms with Crippen molar-refractivity contribution in [1.82, 2.24) is 4.90 Å². The van der Waals surface area contributed by atoms with Crippen molar-refractivity contribution in [1.29, 1.82) is 0 Å². The zero-order valence-corrected chi connectivity index (χ0v) is 13.0. The van der Waals surface area contributed by atoms with Crippen molar-refractivity contribution in [3.63, 3.8) is 0 Å². The molecule has 1 aliphatic heterocycles. The number of aliphatic hydroxyl groups is 1. The zero-order valence-electron chi connectivity index (χ0n) is 13.0. The molecule has 1 atom stereocenters. The molecule has 1 amide bonds. The summed E-state index contributed by atoms with van der Waals surface area (Å²) in [6.45, 7) is 16.6. The summed E-state index contributed by atoms with van der Waals surface area (Å²) < 4.78 is 0. The average molecular weight is 257 g/mol. The van der Waals surface area contributed by atoms with Gasteiger partial charge in [-0.25, -0.2) is 0 Å². The molecule has 1 aliphatic rings. The second-order valence-corrected chi connectivity index (χ2v) is 5.43. The van der Waals surface area contributed by atoms with E-state index in [0.717, 1.165) is 13.0 Å². The Morgan fingerprint density at radius 2 is 1.89 bits per heavy atom. The van der Waals surface area contributed by atoms with E-state index in [9.17, 15) is 9.90 Å². The van der Waals surface area contributed by atoms with Gasteiger partial charge in [0.1, 0.15) is 0 Å². The van der Waals surface area contributed by atoms with Gasteiger partial charge < -0.3 is 10.0 Å². The van der Waals surface area contributed by atoms with Crippen LogP contribution in [0.4, 0.5) is 0 Å². The van der Waals surface area contributed by atoms with Crippen LogP contribution < -0.4 is 0 Å². The van der Waals surface area contributed by atoms with Crippen LogP contribution in [0, 0.1) is 5.41 Å². The molecule has 0 aromatic heterocycles. The van der Waals surface area contributed by atoms with Gasteiger partial charge >= 0.3 is 0 Å². The highest BCUT2D eigenvalue weighted by Gasteiger charge is 2.27. The highest BCUT2D eigenvalue weighted by molar-refractivity contribution is 5.77. The van der Waals surface area contributed by atoms with Crippen LogP contribution >= 0.6 is 0 Å². The molecule has 0 aromatic carbocycles. The summed E-state index contributed by atoms with van der Waals surface area (Å²) in [5.41, 5.74) is 0.0463. The predicted molar refractivity (Wildman–Crippen MR) is 78.5 cm³/mol. The fraction of sp³-hybridized carbons (Fsp3) is 0.800. The lowest BCUT2D eigenvalue weighted by Crippen LogP contribution is -2.32. The summed E-state index contributed by atoms with van der Waals surface area (Å²) >= 11 is 0. The maximum atomic E-state index is 11.6. The minimum absolute atomic E-state index is 0.0463. The number of aliphatic hydroxyl groups excluding tert-OH is 1. The molecule has 0 radical (unpaired) electrons. The number of rotatable bonds is 1. The third-order valence-electron chi connectivity index (χ3n) is 2.20. The van der Waals surface area contributed by atoms with E-state index in [1.165, 1.54) is 0 Å². The number of likely N-dealkylation sites (tertiary alicyclic amines) is 1. The van der Waals surface area contributed by atoms with Crippen molar-refractivity contribution < 1.29 is 9.90 Å². The standard InChI is InChI=1S/C10H19NO2.C3H6.C2H6/c1-10(2,3)6-9(13)11-5-4-8(12)7-11;1-3-2;1-2/h8,12H,4-7H2,1-3H3;3H,1H2,2H3;1-2H3. The molecule has 0 aliphatic carbocycles. The maximum Gasteiger partial charge on any atom is 0.223 e. The molecule has 108 valence electrons. The summed E-state index contributed by atoms with van der Waals surface area (Å²) in [6, 6.07) is 0. The lowest BCUT2D eigenvalue weighted by atomic mass is 9.92. The minimum Gasteiger partial charge on any atom is -0.391 e. The average Bonchev–Trinajstić information content (AvgIpc) is 2.67. The van der Waals surface area contributed by atoms with Crippen LogP contribution in [0.25, 0.3) is 0 Å². The van der Waals surface area contributed by atoms with Crippen LogP contribution in [0.1, 0.15) is 54.4 Å². The van der Waals surface area contributed by atoms with Crippen LogP contribution in [0.15, 0.2) is 12.7 Å². The van der Waals surface area contributed by atoms with Crippen molar-refractivity contribution in [2.45, 2.75) is 60.5 Å². The van der Waals surface area contributed by atoms with E-state index < -0.39 is 0 Å². The van der Waals surface area contributed by atoms with Gasteiger partial charge in [0, 0.05) is 19.5 Å². The van der Waals surface area contributed by atoms with Crippen LogP contribution in [0.5, 0.6) is 0 Å². The molecule has 1 unspecified atom stereocenters. The lowest BCUT2D eigenvalue weighted by Gasteiger charge is -2.22. The highest BCUT2D eigenvalue weighted by atomic mass is 16.3. The first kappa shape index (κ1) is 19.5. The Labute approximate surface area is 113 Å². The van der Waals surface area contributed by atoms with Gasteiger partial charge in [0.25, 0.3) is 0 Å². The molecular formula is C15H31NO2. The molecule has 1 rings (SSSR count). The molecular weight excluding hydrogens is 226 g/mol. The number of carbonyl (C=O) groups excluding carboxylic acids is 1. The third kappa shape index (κ3) is 10.3. The zero-order chi connectivity index (χ0) is 14.8. The van der Waals surface area contributed by atoms with Crippen LogP contribution in [-0.4, -0.2) is 35.1 Å². The van der Waals surface area contributed by atoms with Crippen LogP contribution in [0.2, 0.25) is 0 Å². The normalized spacial score (nSPS) is 18.2. The summed E-state index contributed by atoms with van der Waals surface area (Å²) in [5.74, 6) is 0.170. The van der Waals surface area contributed by atoms with Crippen molar-refractivity contribution in [2.75, 3.05) is 13.1 Å². The molecule has 0 aromatic rings. The Morgan fingerprint density at radius 3 is 2.17 bits per heavy atom. The van der Waals surface area contributed by atoms with Crippen molar-refractivity contribution in [2.24, 2.45) is 5.41 Å². The number of allylic oxidation sites excluding steroid dienone is 1. The Bertz CT molecular complexity index is 231. The lowest BCUT2D eigenvalue weighted by molar-refractivity contribution is -0.132. The first-order valence-electron chi connectivity index (χ1n) is 6.83. The number of carbonyl (C=O) groups is 1. The van der Waals surface area contributed by atoms with E-state index in [2.05, 4.69) is 27.4 Å². The van der Waals surface area contributed by atoms with Crippen LogP contribution in [-0.2, 0) is 4.79 Å². The van der Waals surface area contributed by atoms with Crippen molar-refractivity contribution in [3.8, 4) is 0 Å². The van der Waals surface area contributed by atoms with Gasteiger partial charge in [0.15, 0.2) is 0 Å². The summed E-state index contributed by atoms with van der Waals surface area (Å²) in [5, 5.41) is 9.25. The number of hydrogen-bond donors (Lipinski definition) is 1. The molecule has 1 N–H and O–H groups in total. The van der Waals surface area contributed by atoms with E-state index in [4.69, 9.17) is 0 Å². The molecule has 1 heterocycles. The van der Waals surface area contributed by atoms with Gasteiger partial charge in [-0.1, -0.05) is 40.7 Å². The third-order valence-corrected chi connectivity index (χ3v) is 2.20. The predicted octanol–water partition coefficient (Wildman–Crippen LogP) is 3.23. The summed E-state index contributed by atoms with van der Waals surface area (Å²) in [7, 11) is 0. The van der Waals surface area contributed by atoms with E-state index in [1.54, 1.807) is 11.0 Å². The second-order valence-electron chi connectivity index (χ2n) is 5.43. The number of β-amino-alcohol motifs (C(OH)–C–C–N with tert-alkyl or cyclic N) is 1. The van der Waals surface area contributed by atoms with Crippen molar-refractivity contribution in [3.05, 3.63) is 12.7 Å².